The van der Waals surface area contributed by atoms with Crippen molar-refractivity contribution in [1.82, 2.24) is 15.5 Å². The first-order chi connectivity index (χ1) is 12.4. The van der Waals surface area contributed by atoms with Gasteiger partial charge in [-0.3, -0.25) is 9.59 Å². The highest BCUT2D eigenvalue weighted by molar-refractivity contribution is 5.89. The van der Waals surface area contributed by atoms with Gasteiger partial charge in [0.1, 0.15) is 0 Å². The maximum Gasteiger partial charge on any atom is 0.237 e. The monoisotopic (exact) mass is 377 g/mol. The Morgan fingerprint density at radius 1 is 1.04 bits per heavy atom. The molecule has 0 saturated heterocycles. The van der Waals surface area contributed by atoms with Crippen molar-refractivity contribution in [3.05, 3.63) is 0 Å². The molecule has 0 fully saturated rings. The lowest BCUT2D eigenvalue weighted by Crippen LogP contribution is -2.51. The molecule has 26 heavy (non-hydrogen) atoms. The average Bonchev–Trinajstić information content (AvgIpc) is 2.63. The fourth-order valence-electron chi connectivity index (χ4n) is 2.67. The van der Waals surface area contributed by atoms with Crippen LogP contribution in [0.4, 0.5) is 0 Å². The largest absolute Gasteiger partial charge is 0.345 e. The zero-order chi connectivity index (χ0) is 21.1. The van der Waals surface area contributed by atoms with Crippen molar-refractivity contribution >= 4 is 11.7 Å². The molecule has 0 saturated carbocycles. The van der Waals surface area contributed by atoms with Crippen molar-refractivity contribution < 1.29 is 12.4 Å². The lowest BCUT2D eigenvalue weighted by atomic mass is 10.0. The van der Waals surface area contributed by atoms with E-state index in [0.717, 1.165) is 32.5 Å². The highest BCUT2D eigenvalue weighted by atomic mass is 16.2. The summed E-state index contributed by atoms with van der Waals surface area (Å²) < 4.78 is 0. The number of ketones is 1. The Kier molecular flexibility index (Phi) is 23.4. The van der Waals surface area contributed by atoms with Crippen LogP contribution in [-0.4, -0.2) is 55.4 Å². The molecule has 5 heteroatoms. The van der Waals surface area contributed by atoms with Gasteiger partial charge in [-0.2, -0.15) is 0 Å². The molecule has 0 spiro atoms. The Balaban J connectivity index is -0.000000274. The Morgan fingerprint density at radius 2 is 1.58 bits per heavy atom. The number of nitrogens with one attached hydrogen (secondary N) is 2. The molecule has 0 bridgehead atoms. The van der Waals surface area contributed by atoms with Crippen molar-refractivity contribution in [3.8, 4) is 0 Å². The van der Waals surface area contributed by atoms with Crippen LogP contribution in [-0.2, 0) is 9.59 Å². The summed E-state index contributed by atoms with van der Waals surface area (Å²) in [4.78, 5) is 26.4. The van der Waals surface area contributed by atoms with E-state index in [0.29, 0.717) is 6.42 Å². The van der Waals surface area contributed by atoms with Crippen LogP contribution in [0.25, 0.3) is 0 Å². The third-order valence-corrected chi connectivity index (χ3v) is 4.02. The minimum atomic E-state index is -0.373. The van der Waals surface area contributed by atoms with Crippen LogP contribution in [0, 0.1) is 5.92 Å². The summed E-state index contributed by atoms with van der Waals surface area (Å²) in [5, 5.41) is 5.92. The fourth-order valence-corrected chi connectivity index (χ4v) is 2.67. The van der Waals surface area contributed by atoms with Gasteiger partial charge in [-0.05, 0) is 58.8 Å². The Labute approximate surface area is 166 Å². The molecule has 0 aliphatic heterocycles. The average molecular weight is 378 g/mol. The Morgan fingerprint density at radius 3 is 1.92 bits per heavy atom. The van der Waals surface area contributed by atoms with Gasteiger partial charge >= 0.3 is 0 Å². The maximum atomic E-state index is 12.3. The van der Waals surface area contributed by atoms with Crippen LogP contribution in [0.2, 0.25) is 0 Å². The van der Waals surface area contributed by atoms with Crippen molar-refractivity contribution in [1.29, 1.82) is 0 Å². The van der Waals surface area contributed by atoms with E-state index in [1.165, 1.54) is 0 Å². The summed E-state index contributed by atoms with van der Waals surface area (Å²) in [5.74, 6) is 0.141. The summed E-state index contributed by atoms with van der Waals surface area (Å²) >= 11 is 0. The molecular weight excluding hydrogens is 326 g/mol. The number of nitrogens with zero attached hydrogens (tertiary/aromatic N) is 1. The molecule has 0 rings (SSSR count). The summed E-state index contributed by atoms with van der Waals surface area (Å²) in [5.41, 5.74) is 0. The summed E-state index contributed by atoms with van der Waals surface area (Å²) in [7, 11) is 1.77. The summed E-state index contributed by atoms with van der Waals surface area (Å²) in [6, 6.07) is -0.628. The fraction of sp³-hybridized carbons (Fsp3) is 0.905. The smallest absolute Gasteiger partial charge is 0.237 e. The molecule has 0 radical (unpaired) electrons. The van der Waals surface area contributed by atoms with Crippen LogP contribution < -0.4 is 10.6 Å². The van der Waals surface area contributed by atoms with E-state index in [-0.39, 0.29) is 32.5 Å². The van der Waals surface area contributed by atoms with E-state index < -0.39 is 0 Å². The van der Waals surface area contributed by atoms with Gasteiger partial charge in [-0.15, -0.1) is 0 Å². The second kappa shape index (κ2) is 20.4. The third kappa shape index (κ3) is 14.3. The first kappa shape index (κ1) is 29.8. The molecule has 1 amide bonds. The molecule has 0 aliphatic rings. The molecule has 0 aromatic heterocycles. The second-order valence-electron chi connectivity index (χ2n) is 6.26. The zero-order valence-corrected chi connectivity index (χ0v) is 19.2. The van der Waals surface area contributed by atoms with Crippen molar-refractivity contribution in [2.45, 2.75) is 93.7 Å². The van der Waals surface area contributed by atoms with Gasteiger partial charge in [0.05, 0.1) is 12.1 Å². The number of amides is 1. The minimum absolute atomic E-state index is 0. The van der Waals surface area contributed by atoms with Gasteiger partial charge < -0.3 is 15.5 Å². The number of likely N-dealkylation sites (N-methyl/N-ethyl adjacent to an activating group) is 1. The minimum Gasteiger partial charge on any atom is -0.345 e. The van der Waals surface area contributed by atoms with Crippen LogP contribution in [0.1, 0.15) is 84.4 Å². The maximum absolute atomic E-state index is 12.3. The van der Waals surface area contributed by atoms with Crippen molar-refractivity contribution in [2.24, 2.45) is 5.92 Å². The standard InChI is InChI=1S/C17H35N3O2.2C2H6.2H2/c1-7-11-20(8-2)12-9-10-15(14(5)21)19-17(22)16(18-6)13(3)4;2*1-2;;/h13,15-16,18H,7-12H2,1-6H3,(H,19,22);2*1-2H3;2*1H/t15-,16-;;;;/m0..../s1. The van der Waals surface area contributed by atoms with Gasteiger partial charge in [0.2, 0.25) is 5.91 Å². The number of Topliss-reactive ketones (excluding diaryl/α,β-unsaturated/α-hetero) is 1. The van der Waals surface area contributed by atoms with Gasteiger partial charge in [-0.25, -0.2) is 0 Å². The molecule has 0 aliphatic carbocycles. The highest BCUT2D eigenvalue weighted by Gasteiger charge is 2.24. The normalized spacial score (nSPS) is 12.5. The van der Waals surface area contributed by atoms with Crippen molar-refractivity contribution in [2.75, 3.05) is 26.7 Å². The second-order valence-corrected chi connectivity index (χ2v) is 6.26. The first-order valence-corrected chi connectivity index (χ1v) is 10.6. The van der Waals surface area contributed by atoms with E-state index in [1.54, 1.807) is 14.0 Å². The van der Waals surface area contributed by atoms with Crippen LogP contribution in [0.15, 0.2) is 0 Å². The molecule has 2 N–H and O–H groups in total. The molecular formula is C21H51N3O2. The van der Waals surface area contributed by atoms with Gasteiger partial charge in [-0.1, -0.05) is 55.4 Å². The molecule has 0 aromatic rings. The van der Waals surface area contributed by atoms with Gasteiger partial charge in [0.15, 0.2) is 5.78 Å². The van der Waals surface area contributed by atoms with Gasteiger partial charge in [0.25, 0.3) is 0 Å². The quantitative estimate of drug-likeness (QED) is 0.530. The van der Waals surface area contributed by atoms with E-state index in [9.17, 15) is 9.59 Å². The van der Waals surface area contributed by atoms with Crippen LogP contribution >= 0.6 is 0 Å². The summed E-state index contributed by atoms with van der Waals surface area (Å²) in [6.45, 7) is 21.0. The zero-order valence-electron chi connectivity index (χ0n) is 19.2. The third-order valence-electron chi connectivity index (χ3n) is 4.02. The summed E-state index contributed by atoms with van der Waals surface area (Å²) in [6.07, 6.45) is 2.76. The Bertz CT molecular complexity index is 344. The van der Waals surface area contributed by atoms with E-state index in [1.807, 2.05) is 41.5 Å². The van der Waals surface area contributed by atoms with Crippen LogP contribution in [0.3, 0.4) is 0 Å². The first-order valence-electron chi connectivity index (χ1n) is 10.6. The lowest BCUT2D eigenvalue weighted by molar-refractivity contribution is -0.129. The Hall–Kier alpha value is -0.940. The van der Waals surface area contributed by atoms with Crippen molar-refractivity contribution in [3.63, 3.8) is 0 Å². The van der Waals surface area contributed by atoms with Crippen LogP contribution in [0.5, 0.6) is 0 Å². The van der Waals surface area contributed by atoms with Gasteiger partial charge in [0, 0.05) is 2.85 Å². The van der Waals surface area contributed by atoms with E-state index in [4.69, 9.17) is 0 Å². The predicted molar refractivity (Wildman–Crippen MR) is 119 cm³/mol. The van der Waals surface area contributed by atoms with E-state index in [2.05, 4.69) is 29.4 Å². The number of rotatable bonds is 12. The molecule has 162 valence electrons. The number of hydrogen-bond acceptors (Lipinski definition) is 4. The molecule has 0 aromatic carbocycles. The number of carbonyl (C=O) groups is 2. The highest BCUT2D eigenvalue weighted by Crippen LogP contribution is 2.06. The molecule has 0 heterocycles. The number of carbonyl (C=O) groups excluding carboxylic acids is 2. The number of hydrogen-bond donors (Lipinski definition) is 2. The lowest BCUT2D eigenvalue weighted by Gasteiger charge is -2.24. The predicted octanol–water partition coefficient (Wildman–Crippen LogP) is 4.36. The molecule has 0 unspecified atom stereocenters. The topological polar surface area (TPSA) is 61.4 Å². The molecule has 5 nitrogen and oxygen atoms in total. The molecule has 2 atom stereocenters. The SMILES string of the molecule is CC.CC.CCCN(CC)CCC[C@H](NC(=O)[C@@H](NC)C(C)C)C(C)=O.[HH].[HH]. The van der Waals surface area contributed by atoms with E-state index >= 15 is 0 Å².